The first-order valence-corrected chi connectivity index (χ1v) is 4.54. The highest BCUT2D eigenvalue weighted by molar-refractivity contribution is 6.30. The lowest BCUT2D eigenvalue weighted by molar-refractivity contribution is -0.121. The number of amides is 1. The molecule has 0 aliphatic rings. The molecule has 0 saturated heterocycles. The van der Waals surface area contributed by atoms with Gasteiger partial charge in [-0.2, -0.15) is 0 Å². The van der Waals surface area contributed by atoms with E-state index in [1.807, 2.05) is 6.07 Å². The number of nitrogens with two attached hydrogens (primary N) is 1. The van der Waals surface area contributed by atoms with Crippen molar-refractivity contribution >= 4 is 23.2 Å². The second-order valence-corrected chi connectivity index (χ2v) is 3.32. The summed E-state index contributed by atoms with van der Waals surface area (Å²) in [5, 5.41) is 3.58. The molecule has 0 bridgehead atoms. The monoisotopic (exact) mass is 213 g/mol. The van der Waals surface area contributed by atoms with E-state index in [9.17, 15) is 4.79 Å². The molecule has 1 rings (SSSR count). The summed E-state index contributed by atoms with van der Waals surface area (Å²) >= 11 is 5.78. The molecule has 0 fully saturated rings. The lowest BCUT2D eigenvalue weighted by Gasteiger charge is -2.13. The van der Waals surface area contributed by atoms with Crippen LogP contribution in [0.3, 0.4) is 0 Å². The summed E-state index contributed by atoms with van der Waals surface area (Å²) in [6, 6.07) is 6.74. The molecule has 1 amide bonds. The maximum atomic E-state index is 11.1. The van der Waals surface area contributed by atoms with Gasteiger partial charge in [0.05, 0.1) is 0 Å². The summed E-state index contributed by atoms with van der Waals surface area (Å²) in [5.74, 6) is 4.72. The molecule has 0 aromatic heterocycles. The maximum Gasteiger partial charge on any atom is 0.256 e. The number of nitrogens with one attached hydrogen (secondary N) is 2. The molecule has 1 aromatic rings. The van der Waals surface area contributed by atoms with Crippen LogP contribution in [0.1, 0.15) is 6.92 Å². The minimum absolute atomic E-state index is 0.273. The Bertz CT molecular complexity index is 330. The first-order valence-electron chi connectivity index (χ1n) is 4.16. The van der Waals surface area contributed by atoms with Crippen molar-refractivity contribution in [1.29, 1.82) is 0 Å². The Morgan fingerprint density at radius 3 is 2.86 bits per heavy atom. The Balaban J connectivity index is 2.64. The molecule has 0 aliphatic carbocycles. The summed E-state index contributed by atoms with van der Waals surface area (Å²) in [4.78, 5) is 11.1. The molecule has 1 atom stereocenters. The van der Waals surface area contributed by atoms with Crippen LogP contribution in [0.5, 0.6) is 0 Å². The van der Waals surface area contributed by atoms with Crippen molar-refractivity contribution in [3.8, 4) is 0 Å². The Morgan fingerprint density at radius 2 is 2.29 bits per heavy atom. The molecule has 1 unspecified atom stereocenters. The lowest BCUT2D eigenvalue weighted by Crippen LogP contribution is -2.41. The van der Waals surface area contributed by atoms with E-state index in [-0.39, 0.29) is 5.91 Å². The second kappa shape index (κ2) is 4.83. The maximum absolute atomic E-state index is 11.1. The number of hydrogen-bond donors (Lipinski definition) is 3. The van der Waals surface area contributed by atoms with Crippen molar-refractivity contribution in [3.05, 3.63) is 29.3 Å². The van der Waals surface area contributed by atoms with Crippen molar-refractivity contribution in [2.24, 2.45) is 5.84 Å². The molecule has 0 radical (unpaired) electrons. The van der Waals surface area contributed by atoms with E-state index < -0.39 is 6.04 Å². The zero-order chi connectivity index (χ0) is 10.6. The van der Waals surface area contributed by atoms with Gasteiger partial charge in [-0.1, -0.05) is 17.7 Å². The minimum atomic E-state index is -0.390. The van der Waals surface area contributed by atoms with E-state index in [1.165, 1.54) is 0 Å². The summed E-state index contributed by atoms with van der Waals surface area (Å²) in [7, 11) is 0. The summed E-state index contributed by atoms with van der Waals surface area (Å²) in [5.41, 5.74) is 2.85. The third-order valence-electron chi connectivity index (χ3n) is 1.74. The fraction of sp³-hybridized carbons (Fsp3) is 0.222. The average Bonchev–Trinajstić information content (AvgIpc) is 2.16. The van der Waals surface area contributed by atoms with Gasteiger partial charge in [-0.25, -0.2) is 5.84 Å². The smallest absolute Gasteiger partial charge is 0.256 e. The van der Waals surface area contributed by atoms with Crippen LogP contribution in [0.25, 0.3) is 0 Å². The fourth-order valence-corrected chi connectivity index (χ4v) is 1.21. The highest BCUT2D eigenvalue weighted by atomic mass is 35.5. The van der Waals surface area contributed by atoms with Crippen LogP contribution in [0.15, 0.2) is 24.3 Å². The van der Waals surface area contributed by atoms with Crippen molar-refractivity contribution in [2.45, 2.75) is 13.0 Å². The normalized spacial score (nSPS) is 11.9. The number of carbonyl (C=O) groups is 1. The number of hydrogen-bond acceptors (Lipinski definition) is 3. The van der Waals surface area contributed by atoms with E-state index in [0.717, 1.165) is 5.69 Å². The number of anilines is 1. The summed E-state index contributed by atoms with van der Waals surface area (Å²) in [6.45, 7) is 1.71. The van der Waals surface area contributed by atoms with Crippen molar-refractivity contribution in [3.63, 3.8) is 0 Å². The fourth-order valence-electron chi connectivity index (χ4n) is 1.02. The standard InChI is InChI=1S/C9H12ClN3O/c1-6(9(14)13-11)12-8-4-2-3-7(10)5-8/h2-6,12H,11H2,1H3,(H,13,14). The van der Waals surface area contributed by atoms with Crippen LogP contribution in [0.2, 0.25) is 5.02 Å². The molecule has 1 aromatic carbocycles. The second-order valence-electron chi connectivity index (χ2n) is 2.88. The van der Waals surface area contributed by atoms with Gasteiger partial charge in [0.15, 0.2) is 0 Å². The topological polar surface area (TPSA) is 67.2 Å². The number of benzene rings is 1. The van der Waals surface area contributed by atoms with Gasteiger partial charge in [0.2, 0.25) is 0 Å². The van der Waals surface area contributed by atoms with Crippen LogP contribution in [0, 0.1) is 0 Å². The zero-order valence-corrected chi connectivity index (χ0v) is 8.51. The largest absolute Gasteiger partial charge is 0.374 e. The van der Waals surface area contributed by atoms with E-state index >= 15 is 0 Å². The van der Waals surface area contributed by atoms with E-state index in [2.05, 4.69) is 10.7 Å². The van der Waals surface area contributed by atoms with Crippen LogP contribution < -0.4 is 16.6 Å². The Morgan fingerprint density at radius 1 is 1.57 bits per heavy atom. The molecule has 76 valence electrons. The molecular formula is C9H12ClN3O. The number of halogens is 1. The van der Waals surface area contributed by atoms with Gasteiger partial charge in [0.25, 0.3) is 5.91 Å². The summed E-state index contributed by atoms with van der Waals surface area (Å²) in [6.07, 6.45) is 0. The zero-order valence-electron chi connectivity index (χ0n) is 7.75. The predicted octanol–water partition coefficient (Wildman–Crippen LogP) is 1.13. The molecule has 5 heteroatoms. The van der Waals surface area contributed by atoms with Gasteiger partial charge in [0, 0.05) is 10.7 Å². The van der Waals surface area contributed by atoms with Gasteiger partial charge in [0.1, 0.15) is 6.04 Å². The first kappa shape index (κ1) is 10.8. The molecule has 4 N–H and O–H groups in total. The number of rotatable bonds is 3. The molecule has 0 heterocycles. The molecule has 0 saturated carbocycles. The van der Waals surface area contributed by atoms with Crippen molar-refractivity contribution in [2.75, 3.05) is 5.32 Å². The molecule has 14 heavy (non-hydrogen) atoms. The van der Waals surface area contributed by atoms with E-state index in [4.69, 9.17) is 17.4 Å². The predicted molar refractivity (Wildman–Crippen MR) is 56.9 cm³/mol. The van der Waals surface area contributed by atoms with Crippen LogP contribution in [-0.2, 0) is 4.79 Å². The van der Waals surface area contributed by atoms with Crippen LogP contribution in [-0.4, -0.2) is 11.9 Å². The van der Waals surface area contributed by atoms with Gasteiger partial charge >= 0.3 is 0 Å². The van der Waals surface area contributed by atoms with Gasteiger partial charge < -0.3 is 5.32 Å². The number of hydrazine groups is 1. The highest BCUT2D eigenvalue weighted by Crippen LogP contribution is 2.15. The Labute approximate surface area is 87.4 Å². The van der Waals surface area contributed by atoms with Crippen molar-refractivity contribution < 1.29 is 4.79 Å². The van der Waals surface area contributed by atoms with Crippen LogP contribution in [0.4, 0.5) is 5.69 Å². The van der Waals surface area contributed by atoms with Gasteiger partial charge in [-0.05, 0) is 25.1 Å². The van der Waals surface area contributed by atoms with E-state index in [1.54, 1.807) is 25.1 Å². The SMILES string of the molecule is CC(Nc1cccc(Cl)c1)C(=O)NN. The van der Waals surface area contributed by atoms with Gasteiger partial charge in [-0.3, -0.25) is 10.2 Å². The Hall–Kier alpha value is -1.26. The van der Waals surface area contributed by atoms with E-state index in [0.29, 0.717) is 5.02 Å². The van der Waals surface area contributed by atoms with Gasteiger partial charge in [-0.15, -0.1) is 0 Å². The average molecular weight is 214 g/mol. The molecule has 0 spiro atoms. The summed E-state index contributed by atoms with van der Waals surface area (Å²) < 4.78 is 0. The molecule has 4 nitrogen and oxygen atoms in total. The lowest BCUT2D eigenvalue weighted by atomic mass is 10.2. The third kappa shape index (κ3) is 2.90. The Kier molecular flexibility index (Phi) is 3.73. The number of carbonyl (C=O) groups excluding carboxylic acids is 1. The quantitative estimate of drug-likeness (QED) is 0.401. The minimum Gasteiger partial charge on any atom is -0.374 e. The van der Waals surface area contributed by atoms with Crippen LogP contribution >= 0.6 is 11.6 Å². The molecular weight excluding hydrogens is 202 g/mol. The molecule has 0 aliphatic heterocycles. The van der Waals surface area contributed by atoms with Crippen molar-refractivity contribution in [1.82, 2.24) is 5.43 Å². The first-order chi connectivity index (χ1) is 6.63. The highest BCUT2D eigenvalue weighted by Gasteiger charge is 2.10. The third-order valence-corrected chi connectivity index (χ3v) is 1.98.